The quantitative estimate of drug-likeness (QED) is 0.791. The van der Waals surface area contributed by atoms with E-state index in [0.29, 0.717) is 6.54 Å². The van der Waals surface area contributed by atoms with E-state index in [-0.39, 0.29) is 24.6 Å². The molecule has 0 bridgehead atoms. The van der Waals surface area contributed by atoms with Crippen LogP contribution in [-0.2, 0) is 6.54 Å². The molecule has 0 radical (unpaired) electrons. The molecule has 1 aromatic carbocycles. The standard InChI is InChI=1S/C12H17Br2NO2.ClH/c1-12(2,7-16)15-6-8-4-9(13)5-10(14)11(8)17-3;/h4-5,15-16H,6-7H2,1-3H3;1H. The summed E-state index contributed by atoms with van der Waals surface area (Å²) in [5, 5.41) is 12.5. The van der Waals surface area contributed by atoms with Crippen molar-refractivity contribution in [3.05, 3.63) is 26.6 Å². The topological polar surface area (TPSA) is 41.5 Å². The van der Waals surface area contributed by atoms with Gasteiger partial charge in [0.15, 0.2) is 0 Å². The van der Waals surface area contributed by atoms with Gasteiger partial charge in [0.2, 0.25) is 0 Å². The Bertz CT molecular complexity index is 400. The summed E-state index contributed by atoms with van der Waals surface area (Å²) in [4.78, 5) is 0. The first kappa shape index (κ1) is 18.2. The molecule has 2 N–H and O–H groups in total. The van der Waals surface area contributed by atoms with Gasteiger partial charge in [0.05, 0.1) is 18.2 Å². The van der Waals surface area contributed by atoms with E-state index in [2.05, 4.69) is 37.2 Å². The summed E-state index contributed by atoms with van der Waals surface area (Å²) in [6.45, 7) is 4.62. The number of rotatable bonds is 5. The fourth-order valence-corrected chi connectivity index (χ4v) is 2.84. The van der Waals surface area contributed by atoms with Gasteiger partial charge in [-0.05, 0) is 41.9 Å². The van der Waals surface area contributed by atoms with Gasteiger partial charge in [-0.2, -0.15) is 0 Å². The van der Waals surface area contributed by atoms with Crippen LogP contribution in [0.1, 0.15) is 19.4 Å². The second-order valence-corrected chi connectivity index (χ2v) is 6.25. The first-order valence-electron chi connectivity index (χ1n) is 5.27. The van der Waals surface area contributed by atoms with E-state index in [9.17, 15) is 5.11 Å². The zero-order valence-electron chi connectivity index (χ0n) is 10.6. The van der Waals surface area contributed by atoms with E-state index in [0.717, 1.165) is 20.3 Å². The van der Waals surface area contributed by atoms with Crippen molar-refractivity contribution in [1.29, 1.82) is 0 Å². The molecule has 0 atom stereocenters. The van der Waals surface area contributed by atoms with Crippen molar-refractivity contribution in [2.75, 3.05) is 13.7 Å². The highest BCUT2D eigenvalue weighted by atomic mass is 79.9. The number of methoxy groups -OCH3 is 1. The second-order valence-electron chi connectivity index (χ2n) is 4.48. The van der Waals surface area contributed by atoms with Gasteiger partial charge in [0.1, 0.15) is 5.75 Å². The average molecular weight is 404 g/mol. The average Bonchev–Trinajstić information content (AvgIpc) is 2.26. The minimum atomic E-state index is -0.306. The normalized spacial score (nSPS) is 11.0. The van der Waals surface area contributed by atoms with E-state index in [1.54, 1.807) is 7.11 Å². The lowest BCUT2D eigenvalue weighted by molar-refractivity contribution is 0.187. The van der Waals surface area contributed by atoms with Gasteiger partial charge in [-0.1, -0.05) is 15.9 Å². The molecule has 0 heterocycles. The SMILES string of the molecule is COc1c(Br)cc(Br)cc1CNC(C)(C)CO.Cl. The molecule has 0 aliphatic heterocycles. The minimum absolute atomic E-state index is 0. The zero-order chi connectivity index (χ0) is 13.1. The molecule has 0 fully saturated rings. The number of aliphatic hydroxyl groups excluding tert-OH is 1. The number of benzene rings is 1. The maximum Gasteiger partial charge on any atom is 0.137 e. The molecular formula is C12H18Br2ClNO2. The molecule has 6 heteroatoms. The molecule has 0 unspecified atom stereocenters. The van der Waals surface area contributed by atoms with Crippen molar-refractivity contribution in [2.24, 2.45) is 0 Å². The predicted molar refractivity (Wildman–Crippen MR) is 83.6 cm³/mol. The third-order valence-corrected chi connectivity index (χ3v) is 3.49. The fraction of sp³-hybridized carbons (Fsp3) is 0.500. The Balaban J connectivity index is 0.00000289. The van der Waals surface area contributed by atoms with E-state index in [4.69, 9.17) is 4.74 Å². The van der Waals surface area contributed by atoms with E-state index < -0.39 is 0 Å². The largest absolute Gasteiger partial charge is 0.495 e. The number of nitrogens with one attached hydrogen (secondary N) is 1. The summed E-state index contributed by atoms with van der Waals surface area (Å²) in [7, 11) is 1.65. The van der Waals surface area contributed by atoms with E-state index >= 15 is 0 Å². The molecule has 3 nitrogen and oxygen atoms in total. The molecule has 0 amide bonds. The van der Waals surface area contributed by atoms with Crippen LogP contribution >= 0.6 is 44.3 Å². The zero-order valence-corrected chi connectivity index (χ0v) is 14.6. The van der Waals surface area contributed by atoms with Crippen LogP contribution in [0.4, 0.5) is 0 Å². The van der Waals surface area contributed by atoms with Gasteiger partial charge < -0.3 is 15.2 Å². The van der Waals surface area contributed by atoms with Crippen LogP contribution in [0.25, 0.3) is 0 Å². The fourth-order valence-electron chi connectivity index (χ4n) is 1.36. The molecule has 1 rings (SSSR count). The Morgan fingerprint density at radius 1 is 1.33 bits per heavy atom. The molecule has 0 aromatic heterocycles. The summed E-state index contributed by atoms with van der Waals surface area (Å²) in [6, 6.07) is 3.95. The number of halogens is 3. The molecule has 0 aliphatic rings. The van der Waals surface area contributed by atoms with Crippen molar-refractivity contribution in [2.45, 2.75) is 25.9 Å². The highest BCUT2D eigenvalue weighted by Crippen LogP contribution is 2.32. The van der Waals surface area contributed by atoms with E-state index in [1.807, 2.05) is 26.0 Å². The highest BCUT2D eigenvalue weighted by molar-refractivity contribution is 9.11. The molecular weight excluding hydrogens is 385 g/mol. The minimum Gasteiger partial charge on any atom is -0.495 e. The van der Waals surface area contributed by atoms with Crippen LogP contribution in [0.15, 0.2) is 21.1 Å². The van der Waals surface area contributed by atoms with Gasteiger partial charge in [0, 0.05) is 22.1 Å². The summed E-state index contributed by atoms with van der Waals surface area (Å²) in [5.41, 5.74) is 0.732. The van der Waals surface area contributed by atoms with Gasteiger partial charge in [-0.3, -0.25) is 0 Å². The summed E-state index contributed by atoms with van der Waals surface area (Å²) in [5.74, 6) is 0.814. The van der Waals surface area contributed by atoms with Crippen LogP contribution in [-0.4, -0.2) is 24.4 Å². The maximum atomic E-state index is 9.20. The molecule has 0 spiro atoms. The highest BCUT2D eigenvalue weighted by Gasteiger charge is 2.17. The lowest BCUT2D eigenvalue weighted by atomic mass is 10.1. The smallest absolute Gasteiger partial charge is 0.137 e. The Hall–Kier alpha value is 0.190. The summed E-state index contributed by atoms with van der Waals surface area (Å²) in [6.07, 6.45) is 0. The monoisotopic (exact) mass is 401 g/mol. The number of ether oxygens (including phenoxy) is 1. The molecule has 1 aromatic rings. The summed E-state index contributed by atoms with van der Waals surface area (Å²) < 4.78 is 7.26. The lowest BCUT2D eigenvalue weighted by Gasteiger charge is -2.24. The maximum absolute atomic E-state index is 9.20. The predicted octanol–water partition coefficient (Wildman–Crippen LogP) is 3.50. The Kier molecular flexibility index (Phi) is 7.78. The van der Waals surface area contributed by atoms with Crippen LogP contribution in [0, 0.1) is 0 Å². The van der Waals surface area contributed by atoms with Crippen molar-refractivity contribution in [1.82, 2.24) is 5.32 Å². The second kappa shape index (κ2) is 7.70. The van der Waals surface area contributed by atoms with Crippen LogP contribution in [0.5, 0.6) is 5.75 Å². The number of hydrogen-bond donors (Lipinski definition) is 2. The summed E-state index contributed by atoms with van der Waals surface area (Å²) >= 11 is 6.91. The first-order valence-corrected chi connectivity index (χ1v) is 6.86. The van der Waals surface area contributed by atoms with Gasteiger partial charge in [-0.15, -0.1) is 12.4 Å². The first-order chi connectivity index (χ1) is 7.89. The molecule has 0 saturated carbocycles. The van der Waals surface area contributed by atoms with Crippen LogP contribution < -0.4 is 10.1 Å². The molecule has 104 valence electrons. The van der Waals surface area contributed by atoms with Crippen molar-refractivity contribution in [3.8, 4) is 5.75 Å². The van der Waals surface area contributed by atoms with Crippen LogP contribution in [0.2, 0.25) is 0 Å². The molecule has 0 saturated heterocycles. The number of aliphatic hydroxyl groups is 1. The lowest BCUT2D eigenvalue weighted by Crippen LogP contribution is -2.42. The van der Waals surface area contributed by atoms with Gasteiger partial charge in [-0.25, -0.2) is 0 Å². The molecule has 18 heavy (non-hydrogen) atoms. The van der Waals surface area contributed by atoms with Crippen LogP contribution in [0.3, 0.4) is 0 Å². The Morgan fingerprint density at radius 3 is 2.44 bits per heavy atom. The van der Waals surface area contributed by atoms with Crippen molar-refractivity contribution >= 4 is 44.3 Å². The third-order valence-electron chi connectivity index (χ3n) is 2.44. The number of hydrogen-bond acceptors (Lipinski definition) is 3. The molecule has 0 aliphatic carbocycles. The van der Waals surface area contributed by atoms with Gasteiger partial charge in [0.25, 0.3) is 0 Å². The third kappa shape index (κ3) is 5.05. The van der Waals surface area contributed by atoms with Crippen molar-refractivity contribution < 1.29 is 9.84 Å². The van der Waals surface area contributed by atoms with Gasteiger partial charge >= 0.3 is 0 Å². The Labute approximate surface area is 131 Å². The van der Waals surface area contributed by atoms with Crippen molar-refractivity contribution in [3.63, 3.8) is 0 Å². The Morgan fingerprint density at radius 2 is 1.94 bits per heavy atom. The van der Waals surface area contributed by atoms with E-state index in [1.165, 1.54) is 0 Å².